The second-order valence-corrected chi connectivity index (χ2v) is 7.90. The summed E-state index contributed by atoms with van der Waals surface area (Å²) in [6, 6.07) is 2.78. The molecule has 0 spiro atoms. The van der Waals surface area contributed by atoms with Crippen LogP contribution in [0.15, 0.2) is 35.7 Å². The fourth-order valence-electron chi connectivity index (χ4n) is 2.78. The molecule has 136 valence electrons. The number of rotatable bonds is 4. The Morgan fingerprint density at radius 3 is 2.69 bits per heavy atom. The van der Waals surface area contributed by atoms with Crippen molar-refractivity contribution in [3.05, 3.63) is 42.1 Å². The summed E-state index contributed by atoms with van der Waals surface area (Å²) in [6.45, 7) is 1.81. The fourth-order valence-corrected chi connectivity index (χ4v) is 3.73. The minimum Gasteiger partial charge on any atom is -0.290 e. The molecule has 3 aromatic heterocycles. The summed E-state index contributed by atoms with van der Waals surface area (Å²) < 4.78 is 52.4. The van der Waals surface area contributed by atoms with Crippen LogP contribution < -0.4 is 0 Å². The molecule has 1 aliphatic carbocycles. The molecule has 3 heterocycles. The SMILES string of the molecule is CCS(=O)c1cc(C2CC2)cnc1-c1cn2cnc(C(F)(F)F)cc2n1. The van der Waals surface area contributed by atoms with Gasteiger partial charge in [0.2, 0.25) is 0 Å². The molecule has 0 amide bonds. The van der Waals surface area contributed by atoms with Gasteiger partial charge in [-0.3, -0.25) is 13.6 Å². The Kier molecular flexibility index (Phi) is 4.06. The Morgan fingerprint density at radius 1 is 1.27 bits per heavy atom. The van der Waals surface area contributed by atoms with Crippen LogP contribution in [0.3, 0.4) is 0 Å². The third-order valence-corrected chi connectivity index (χ3v) is 5.64. The van der Waals surface area contributed by atoms with Gasteiger partial charge in [-0.25, -0.2) is 9.97 Å². The summed E-state index contributed by atoms with van der Waals surface area (Å²) in [7, 11) is -1.25. The second kappa shape index (κ2) is 6.15. The molecule has 1 unspecified atom stereocenters. The van der Waals surface area contributed by atoms with Crippen LogP contribution in [0.1, 0.15) is 36.9 Å². The Morgan fingerprint density at radius 2 is 2.04 bits per heavy atom. The quantitative estimate of drug-likeness (QED) is 0.691. The first-order valence-electron chi connectivity index (χ1n) is 8.17. The van der Waals surface area contributed by atoms with E-state index in [-0.39, 0.29) is 5.65 Å². The van der Waals surface area contributed by atoms with Gasteiger partial charge in [0.1, 0.15) is 29.1 Å². The van der Waals surface area contributed by atoms with E-state index in [1.54, 1.807) is 12.4 Å². The van der Waals surface area contributed by atoms with Gasteiger partial charge in [-0.15, -0.1) is 0 Å². The van der Waals surface area contributed by atoms with Gasteiger partial charge in [0.25, 0.3) is 0 Å². The number of imidazole rings is 1. The van der Waals surface area contributed by atoms with Gasteiger partial charge in [0.05, 0.1) is 15.7 Å². The molecule has 0 aromatic carbocycles. The average molecular weight is 380 g/mol. The lowest BCUT2D eigenvalue weighted by atomic mass is 10.1. The Hall–Kier alpha value is -2.29. The van der Waals surface area contributed by atoms with Crippen LogP contribution in [-0.4, -0.2) is 29.3 Å². The third-order valence-electron chi connectivity index (χ3n) is 4.31. The Balaban J connectivity index is 1.82. The van der Waals surface area contributed by atoms with Gasteiger partial charge in [0, 0.05) is 24.2 Å². The molecular weight excluding hydrogens is 365 g/mol. The van der Waals surface area contributed by atoms with Crippen LogP contribution in [-0.2, 0) is 17.0 Å². The van der Waals surface area contributed by atoms with Crippen molar-refractivity contribution in [1.29, 1.82) is 0 Å². The molecule has 3 aromatic rings. The van der Waals surface area contributed by atoms with E-state index >= 15 is 0 Å². The normalized spacial score (nSPS) is 16.2. The molecule has 0 aliphatic heterocycles. The number of fused-ring (bicyclic) bond motifs is 1. The lowest BCUT2D eigenvalue weighted by Crippen LogP contribution is -2.08. The fraction of sp³-hybridized carbons (Fsp3) is 0.353. The van der Waals surface area contributed by atoms with Crippen LogP contribution in [0.25, 0.3) is 17.0 Å². The topological polar surface area (TPSA) is 60.2 Å². The predicted molar refractivity (Wildman–Crippen MR) is 90.1 cm³/mol. The van der Waals surface area contributed by atoms with Crippen LogP contribution in [0.4, 0.5) is 13.2 Å². The number of aromatic nitrogens is 4. The highest BCUT2D eigenvalue weighted by molar-refractivity contribution is 7.85. The standard InChI is InChI=1S/C17H15F3N4OS/c1-2-26(25)13-5-11(10-3-4-10)7-21-16(13)12-8-24-9-22-14(17(18,19)20)6-15(24)23-12/h5-10H,2-4H2,1H3. The highest BCUT2D eigenvalue weighted by Gasteiger charge is 2.33. The van der Waals surface area contributed by atoms with E-state index in [9.17, 15) is 17.4 Å². The van der Waals surface area contributed by atoms with Crippen LogP contribution >= 0.6 is 0 Å². The first-order valence-corrected chi connectivity index (χ1v) is 9.49. The highest BCUT2D eigenvalue weighted by atomic mass is 32.2. The second-order valence-electron chi connectivity index (χ2n) is 6.19. The number of alkyl halides is 3. The molecular formula is C17H15F3N4OS. The van der Waals surface area contributed by atoms with Crippen molar-refractivity contribution >= 4 is 16.4 Å². The summed E-state index contributed by atoms with van der Waals surface area (Å²) in [6.07, 6.45) is 2.03. The molecule has 0 N–H and O–H groups in total. The summed E-state index contributed by atoms with van der Waals surface area (Å²) in [5.74, 6) is 0.888. The minimum absolute atomic E-state index is 0.114. The van der Waals surface area contributed by atoms with E-state index in [0.29, 0.717) is 28.0 Å². The molecule has 1 atom stereocenters. The van der Waals surface area contributed by atoms with E-state index in [4.69, 9.17) is 0 Å². The zero-order valence-electron chi connectivity index (χ0n) is 13.8. The first kappa shape index (κ1) is 17.1. The van der Waals surface area contributed by atoms with Crippen molar-refractivity contribution in [2.45, 2.75) is 36.8 Å². The summed E-state index contributed by atoms with van der Waals surface area (Å²) in [5.41, 5.74) is 0.979. The maximum atomic E-state index is 12.8. The number of nitrogens with zero attached hydrogens (tertiary/aromatic N) is 4. The Labute approximate surface area is 149 Å². The number of hydrogen-bond acceptors (Lipinski definition) is 4. The van der Waals surface area contributed by atoms with Crippen molar-refractivity contribution in [3.63, 3.8) is 0 Å². The van der Waals surface area contributed by atoms with E-state index in [1.807, 2.05) is 13.0 Å². The van der Waals surface area contributed by atoms with E-state index < -0.39 is 22.7 Å². The van der Waals surface area contributed by atoms with Gasteiger partial charge < -0.3 is 0 Å². The third kappa shape index (κ3) is 3.11. The van der Waals surface area contributed by atoms with Gasteiger partial charge in [-0.05, 0) is 30.4 Å². The lowest BCUT2D eigenvalue weighted by Gasteiger charge is -2.08. The number of hydrogen-bond donors (Lipinski definition) is 0. The molecule has 0 saturated heterocycles. The summed E-state index contributed by atoms with van der Waals surface area (Å²) >= 11 is 0. The smallest absolute Gasteiger partial charge is 0.290 e. The lowest BCUT2D eigenvalue weighted by molar-refractivity contribution is -0.141. The summed E-state index contributed by atoms with van der Waals surface area (Å²) in [5, 5.41) is 0. The maximum Gasteiger partial charge on any atom is 0.433 e. The van der Waals surface area contributed by atoms with Crippen molar-refractivity contribution in [1.82, 2.24) is 19.4 Å². The molecule has 9 heteroatoms. The zero-order chi connectivity index (χ0) is 18.5. The molecule has 4 rings (SSSR count). The molecule has 1 saturated carbocycles. The zero-order valence-corrected chi connectivity index (χ0v) is 14.6. The van der Waals surface area contributed by atoms with Crippen molar-refractivity contribution in [2.75, 3.05) is 5.75 Å². The minimum atomic E-state index is -4.53. The van der Waals surface area contributed by atoms with Gasteiger partial charge in [-0.2, -0.15) is 13.2 Å². The van der Waals surface area contributed by atoms with Crippen molar-refractivity contribution < 1.29 is 17.4 Å². The van der Waals surface area contributed by atoms with Crippen LogP contribution in [0.2, 0.25) is 0 Å². The molecule has 0 radical (unpaired) electrons. The highest BCUT2D eigenvalue weighted by Crippen LogP contribution is 2.41. The molecule has 5 nitrogen and oxygen atoms in total. The number of pyridine rings is 1. The molecule has 1 fully saturated rings. The van der Waals surface area contributed by atoms with Gasteiger partial charge >= 0.3 is 6.18 Å². The summed E-state index contributed by atoms with van der Waals surface area (Å²) in [4.78, 5) is 12.7. The van der Waals surface area contributed by atoms with Crippen molar-refractivity contribution in [3.8, 4) is 11.4 Å². The van der Waals surface area contributed by atoms with Crippen molar-refractivity contribution in [2.24, 2.45) is 0 Å². The predicted octanol–water partition coefficient (Wildman–Crippen LogP) is 3.82. The first-order chi connectivity index (χ1) is 12.4. The largest absolute Gasteiger partial charge is 0.433 e. The monoisotopic (exact) mass is 380 g/mol. The van der Waals surface area contributed by atoms with E-state index in [0.717, 1.165) is 30.8 Å². The van der Waals surface area contributed by atoms with E-state index in [1.165, 1.54) is 4.40 Å². The Bertz CT molecular complexity index is 1010. The van der Waals surface area contributed by atoms with Gasteiger partial charge in [-0.1, -0.05) is 6.92 Å². The van der Waals surface area contributed by atoms with E-state index in [2.05, 4.69) is 15.0 Å². The maximum absolute atomic E-state index is 12.8. The average Bonchev–Trinajstić information content (AvgIpc) is 3.38. The number of halogens is 3. The van der Waals surface area contributed by atoms with Crippen LogP contribution in [0, 0.1) is 0 Å². The molecule has 26 heavy (non-hydrogen) atoms. The van der Waals surface area contributed by atoms with Gasteiger partial charge in [0.15, 0.2) is 0 Å². The molecule has 1 aliphatic rings. The van der Waals surface area contributed by atoms with Crippen LogP contribution in [0.5, 0.6) is 0 Å². The molecule has 0 bridgehead atoms.